The molecule has 1 heterocycles. The molecule has 1 aromatic heterocycles. The zero-order valence-corrected chi connectivity index (χ0v) is 13.1. The third-order valence-corrected chi connectivity index (χ3v) is 4.83. The average molecular weight is 338 g/mol. The number of hydrogen-bond donors (Lipinski definition) is 2. The number of hydrogen-bond acceptors (Lipinski definition) is 4. The Bertz CT molecular complexity index is 712. The Morgan fingerprint density at radius 2 is 1.96 bits per heavy atom. The molecule has 1 aliphatic carbocycles. The zero-order chi connectivity index (χ0) is 16.4. The summed E-state index contributed by atoms with van der Waals surface area (Å²) in [6.45, 7) is 0. The van der Waals surface area contributed by atoms with E-state index in [4.69, 9.17) is 0 Å². The van der Waals surface area contributed by atoms with Crippen LogP contribution in [0.1, 0.15) is 36.2 Å². The van der Waals surface area contributed by atoms with E-state index in [9.17, 15) is 18.7 Å². The molecule has 1 fully saturated rings. The molecule has 0 aliphatic heterocycles. The average Bonchev–Trinajstić information content (AvgIpc) is 3.02. The molecule has 1 saturated carbocycles. The summed E-state index contributed by atoms with van der Waals surface area (Å²) in [4.78, 5) is 16.4. The van der Waals surface area contributed by atoms with Crippen molar-refractivity contribution in [2.45, 2.75) is 37.8 Å². The predicted octanol–water partition coefficient (Wildman–Crippen LogP) is 3.12. The first-order valence-electron chi connectivity index (χ1n) is 7.43. The van der Waals surface area contributed by atoms with Gasteiger partial charge < -0.3 is 10.4 Å². The van der Waals surface area contributed by atoms with E-state index in [2.05, 4.69) is 10.3 Å². The second-order valence-corrected chi connectivity index (χ2v) is 6.50. The first kappa shape index (κ1) is 16.0. The summed E-state index contributed by atoms with van der Waals surface area (Å²) in [5, 5.41) is 14.4. The number of aliphatic hydroxyl groups excluding tert-OH is 1. The van der Waals surface area contributed by atoms with Gasteiger partial charge in [0, 0.05) is 17.0 Å². The standard InChI is InChI=1S/C16H16F2N2O2S/c17-12-6-1-9(7-13(12)18)16-20-14(8-23-16)15(22)19-10-2-4-11(21)5-3-10/h1,6-8,10-11,21H,2-5H2,(H,19,22). The summed E-state index contributed by atoms with van der Waals surface area (Å²) in [7, 11) is 0. The lowest BCUT2D eigenvalue weighted by Crippen LogP contribution is -2.38. The zero-order valence-electron chi connectivity index (χ0n) is 12.3. The minimum atomic E-state index is -0.940. The third-order valence-electron chi connectivity index (χ3n) is 3.94. The fourth-order valence-electron chi connectivity index (χ4n) is 2.62. The van der Waals surface area contributed by atoms with Crippen molar-refractivity contribution < 1.29 is 18.7 Å². The van der Waals surface area contributed by atoms with Crippen molar-refractivity contribution in [3.63, 3.8) is 0 Å². The van der Waals surface area contributed by atoms with Gasteiger partial charge in [0.1, 0.15) is 10.7 Å². The molecule has 1 aliphatic rings. The van der Waals surface area contributed by atoms with E-state index in [0.29, 0.717) is 23.4 Å². The van der Waals surface area contributed by atoms with Crippen molar-refractivity contribution >= 4 is 17.2 Å². The second-order valence-electron chi connectivity index (χ2n) is 5.65. The Hall–Kier alpha value is -1.86. The van der Waals surface area contributed by atoms with Gasteiger partial charge in [0.25, 0.3) is 5.91 Å². The van der Waals surface area contributed by atoms with Gasteiger partial charge in [0.05, 0.1) is 6.10 Å². The smallest absolute Gasteiger partial charge is 0.270 e. The number of carbonyl (C=O) groups excluding carboxylic acids is 1. The van der Waals surface area contributed by atoms with Gasteiger partial charge in [-0.2, -0.15) is 0 Å². The van der Waals surface area contributed by atoms with Crippen molar-refractivity contribution in [3.8, 4) is 10.6 Å². The Balaban J connectivity index is 1.68. The molecule has 0 bridgehead atoms. The largest absolute Gasteiger partial charge is 0.393 e. The van der Waals surface area contributed by atoms with Crippen LogP contribution in [0, 0.1) is 11.6 Å². The predicted molar refractivity (Wildman–Crippen MR) is 83.2 cm³/mol. The first-order valence-corrected chi connectivity index (χ1v) is 8.31. The maximum Gasteiger partial charge on any atom is 0.270 e. The molecule has 1 amide bonds. The number of amides is 1. The van der Waals surface area contributed by atoms with Crippen LogP contribution in [-0.4, -0.2) is 28.1 Å². The fraction of sp³-hybridized carbons (Fsp3) is 0.375. The van der Waals surface area contributed by atoms with Crippen LogP contribution in [0.5, 0.6) is 0 Å². The molecule has 7 heteroatoms. The summed E-state index contributed by atoms with van der Waals surface area (Å²) in [6.07, 6.45) is 2.58. The van der Waals surface area contributed by atoms with Gasteiger partial charge in [0.15, 0.2) is 11.6 Å². The highest BCUT2D eigenvalue weighted by Gasteiger charge is 2.22. The van der Waals surface area contributed by atoms with Crippen LogP contribution in [0.4, 0.5) is 8.78 Å². The summed E-state index contributed by atoms with van der Waals surface area (Å²) in [6, 6.07) is 3.58. The molecule has 23 heavy (non-hydrogen) atoms. The van der Waals surface area contributed by atoms with Gasteiger partial charge in [0.2, 0.25) is 0 Å². The third kappa shape index (κ3) is 3.73. The van der Waals surface area contributed by atoms with E-state index in [1.54, 1.807) is 5.38 Å². The Morgan fingerprint density at radius 3 is 2.65 bits per heavy atom. The van der Waals surface area contributed by atoms with Gasteiger partial charge >= 0.3 is 0 Å². The lowest BCUT2D eigenvalue weighted by atomic mass is 9.93. The molecule has 2 N–H and O–H groups in total. The molecule has 2 aromatic rings. The number of thiazole rings is 1. The van der Waals surface area contributed by atoms with E-state index in [1.807, 2.05) is 0 Å². The maximum absolute atomic E-state index is 13.3. The normalized spacial score (nSPS) is 21.2. The van der Waals surface area contributed by atoms with Crippen LogP contribution in [-0.2, 0) is 0 Å². The van der Waals surface area contributed by atoms with Crippen LogP contribution in [0.15, 0.2) is 23.6 Å². The highest BCUT2D eigenvalue weighted by molar-refractivity contribution is 7.13. The molecule has 0 saturated heterocycles. The van der Waals surface area contributed by atoms with E-state index in [0.717, 1.165) is 25.0 Å². The summed E-state index contributed by atoms with van der Waals surface area (Å²) < 4.78 is 26.2. The summed E-state index contributed by atoms with van der Waals surface area (Å²) >= 11 is 1.21. The number of aliphatic hydroxyl groups is 1. The Kier molecular flexibility index (Phi) is 4.68. The highest BCUT2D eigenvalue weighted by atomic mass is 32.1. The number of aromatic nitrogens is 1. The number of halogens is 2. The number of nitrogens with zero attached hydrogens (tertiary/aromatic N) is 1. The monoisotopic (exact) mass is 338 g/mol. The second kappa shape index (κ2) is 6.72. The van der Waals surface area contributed by atoms with Crippen LogP contribution in [0.25, 0.3) is 10.6 Å². The number of carbonyl (C=O) groups is 1. The highest BCUT2D eigenvalue weighted by Crippen LogP contribution is 2.25. The first-order chi connectivity index (χ1) is 11.0. The fourth-order valence-corrected chi connectivity index (χ4v) is 3.42. The molecular formula is C16H16F2N2O2S. The van der Waals surface area contributed by atoms with Crippen molar-refractivity contribution in [1.29, 1.82) is 0 Å². The molecule has 3 rings (SSSR count). The Labute approximate surface area is 136 Å². The molecule has 0 spiro atoms. The number of nitrogens with one attached hydrogen (secondary N) is 1. The van der Waals surface area contributed by atoms with E-state index in [1.165, 1.54) is 17.4 Å². The van der Waals surface area contributed by atoms with E-state index < -0.39 is 11.6 Å². The van der Waals surface area contributed by atoms with Crippen molar-refractivity contribution in [1.82, 2.24) is 10.3 Å². The summed E-state index contributed by atoms with van der Waals surface area (Å²) in [5.41, 5.74) is 0.703. The van der Waals surface area contributed by atoms with Gasteiger partial charge in [-0.05, 0) is 43.9 Å². The molecule has 0 atom stereocenters. The van der Waals surface area contributed by atoms with E-state index >= 15 is 0 Å². The van der Waals surface area contributed by atoms with Gasteiger partial charge in [-0.25, -0.2) is 13.8 Å². The molecule has 4 nitrogen and oxygen atoms in total. The minimum absolute atomic E-state index is 0.0410. The molecule has 1 aromatic carbocycles. The van der Waals surface area contributed by atoms with E-state index in [-0.39, 0.29) is 23.7 Å². The van der Waals surface area contributed by atoms with Crippen molar-refractivity contribution in [2.75, 3.05) is 0 Å². The van der Waals surface area contributed by atoms with Crippen molar-refractivity contribution in [3.05, 3.63) is 40.9 Å². The van der Waals surface area contributed by atoms with Gasteiger partial charge in [-0.3, -0.25) is 4.79 Å². The molecule has 0 unspecified atom stereocenters. The maximum atomic E-state index is 13.3. The Morgan fingerprint density at radius 1 is 1.22 bits per heavy atom. The number of rotatable bonds is 3. The van der Waals surface area contributed by atoms with Crippen LogP contribution in [0.2, 0.25) is 0 Å². The lowest BCUT2D eigenvalue weighted by molar-refractivity contribution is 0.0864. The van der Waals surface area contributed by atoms with Gasteiger partial charge in [-0.15, -0.1) is 11.3 Å². The lowest BCUT2D eigenvalue weighted by Gasteiger charge is -2.25. The van der Waals surface area contributed by atoms with Gasteiger partial charge in [-0.1, -0.05) is 0 Å². The quantitative estimate of drug-likeness (QED) is 0.904. The number of benzene rings is 1. The molecule has 122 valence electrons. The van der Waals surface area contributed by atoms with Crippen LogP contribution < -0.4 is 5.32 Å². The van der Waals surface area contributed by atoms with Crippen LogP contribution in [0.3, 0.4) is 0 Å². The molecular weight excluding hydrogens is 322 g/mol. The van der Waals surface area contributed by atoms with Crippen molar-refractivity contribution in [2.24, 2.45) is 0 Å². The minimum Gasteiger partial charge on any atom is -0.393 e. The summed E-state index contributed by atoms with van der Waals surface area (Å²) in [5.74, 6) is -2.14. The van der Waals surface area contributed by atoms with Crippen LogP contribution >= 0.6 is 11.3 Å². The molecule has 0 radical (unpaired) electrons. The topological polar surface area (TPSA) is 62.2 Å². The SMILES string of the molecule is O=C(NC1CCC(O)CC1)c1csc(-c2ccc(F)c(F)c2)n1.